The minimum Gasteiger partial charge on any atom is -0.274 e. The van der Waals surface area contributed by atoms with Crippen molar-refractivity contribution < 1.29 is 4.79 Å². The minimum absolute atomic E-state index is 0.112. The summed E-state index contributed by atoms with van der Waals surface area (Å²) in [5.41, 5.74) is 3.49. The molecule has 0 radical (unpaired) electrons. The van der Waals surface area contributed by atoms with Crippen molar-refractivity contribution in [1.29, 1.82) is 0 Å². The zero-order valence-corrected chi connectivity index (χ0v) is 13.0. The Balaban J connectivity index is 2.40. The number of aromatic nitrogens is 2. The zero-order chi connectivity index (χ0) is 14.9. The highest BCUT2D eigenvalue weighted by atomic mass is 35.5. The zero-order valence-electron chi connectivity index (χ0n) is 12.3. The lowest BCUT2D eigenvalue weighted by Crippen LogP contribution is -2.13. The molecule has 0 saturated carbocycles. The molecule has 0 bridgehead atoms. The Hall–Kier alpha value is -1.61. The maximum absolute atomic E-state index is 11.6. The molecule has 20 heavy (non-hydrogen) atoms. The smallest absolute Gasteiger partial charge is 0.270 e. The predicted octanol–water partition coefficient (Wildman–Crippen LogP) is 3.92. The van der Waals surface area contributed by atoms with Crippen molar-refractivity contribution in [2.24, 2.45) is 0 Å². The summed E-state index contributed by atoms with van der Waals surface area (Å²) in [5.74, 6) is 0. The van der Waals surface area contributed by atoms with Crippen LogP contribution in [-0.2, 0) is 12.0 Å². The summed E-state index contributed by atoms with van der Waals surface area (Å²) in [4.78, 5) is 11.6. The first-order chi connectivity index (χ1) is 9.27. The molecule has 1 aromatic heterocycles. The van der Waals surface area contributed by atoms with E-state index in [1.165, 1.54) is 5.56 Å². The van der Waals surface area contributed by atoms with E-state index in [0.717, 1.165) is 11.3 Å². The van der Waals surface area contributed by atoms with Crippen LogP contribution in [-0.4, -0.2) is 15.0 Å². The van der Waals surface area contributed by atoms with E-state index in [9.17, 15) is 4.79 Å². The van der Waals surface area contributed by atoms with Gasteiger partial charge in [0.15, 0.2) is 0 Å². The normalized spacial score (nSPS) is 11.7. The molecule has 3 nitrogen and oxygen atoms in total. The van der Waals surface area contributed by atoms with Crippen molar-refractivity contribution in [3.05, 3.63) is 52.8 Å². The molecular formula is C16H19ClN2O. The molecule has 2 rings (SSSR count). The van der Waals surface area contributed by atoms with Crippen LogP contribution in [0.4, 0.5) is 0 Å². The first-order valence-electron chi connectivity index (χ1n) is 6.61. The molecule has 2 aromatic rings. The fraction of sp³-hybridized carbons (Fsp3) is 0.375. The summed E-state index contributed by atoms with van der Waals surface area (Å²) in [6, 6.07) is 9.93. The second-order valence-corrected chi connectivity index (χ2v) is 6.43. The number of benzene rings is 1. The molecule has 1 aromatic carbocycles. The molecular weight excluding hydrogens is 272 g/mol. The summed E-state index contributed by atoms with van der Waals surface area (Å²) in [6.07, 6.45) is 0. The average molecular weight is 291 g/mol. The van der Waals surface area contributed by atoms with Crippen LogP contribution < -0.4 is 0 Å². The topological polar surface area (TPSA) is 34.9 Å². The van der Waals surface area contributed by atoms with Crippen molar-refractivity contribution in [2.45, 2.75) is 39.7 Å². The van der Waals surface area contributed by atoms with Gasteiger partial charge in [0.25, 0.3) is 5.24 Å². The standard InChI is InChI=1S/C16H19ClN2O/c1-11-6-5-7-12(8-11)10-19-13(15(17)20)9-14(18-19)16(2,3)4/h5-9H,10H2,1-4H3. The minimum atomic E-state index is -0.472. The van der Waals surface area contributed by atoms with Crippen LogP contribution in [0.1, 0.15) is 48.1 Å². The molecule has 0 aliphatic rings. The van der Waals surface area contributed by atoms with Gasteiger partial charge in [0.1, 0.15) is 5.69 Å². The van der Waals surface area contributed by atoms with E-state index < -0.39 is 5.24 Å². The second kappa shape index (κ2) is 5.41. The van der Waals surface area contributed by atoms with Crippen molar-refractivity contribution in [3.63, 3.8) is 0 Å². The maximum atomic E-state index is 11.6. The summed E-state index contributed by atoms with van der Waals surface area (Å²) in [5, 5.41) is 4.07. The van der Waals surface area contributed by atoms with Gasteiger partial charge in [-0.25, -0.2) is 0 Å². The third-order valence-electron chi connectivity index (χ3n) is 3.16. The Kier molecular flexibility index (Phi) is 4.00. The van der Waals surface area contributed by atoms with E-state index in [-0.39, 0.29) is 5.41 Å². The number of carbonyl (C=O) groups excluding carboxylic acids is 1. The fourth-order valence-corrected chi connectivity index (χ4v) is 2.20. The fourth-order valence-electron chi connectivity index (χ4n) is 2.05. The Morgan fingerprint density at radius 2 is 2.00 bits per heavy atom. The lowest BCUT2D eigenvalue weighted by molar-refractivity contribution is 0.107. The van der Waals surface area contributed by atoms with Crippen molar-refractivity contribution in [2.75, 3.05) is 0 Å². The highest BCUT2D eigenvalue weighted by Gasteiger charge is 2.22. The maximum Gasteiger partial charge on any atom is 0.270 e. The van der Waals surface area contributed by atoms with E-state index in [0.29, 0.717) is 12.2 Å². The SMILES string of the molecule is Cc1cccc(Cn2nc(C(C)(C)C)cc2C(=O)Cl)c1. The predicted molar refractivity (Wildman–Crippen MR) is 81.4 cm³/mol. The summed E-state index contributed by atoms with van der Waals surface area (Å²) in [6.45, 7) is 8.78. The van der Waals surface area contributed by atoms with Gasteiger partial charge in [-0.2, -0.15) is 5.10 Å². The first kappa shape index (κ1) is 14.8. The summed E-state index contributed by atoms with van der Waals surface area (Å²) < 4.78 is 1.69. The van der Waals surface area contributed by atoms with Gasteiger partial charge in [-0.15, -0.1) is 0 Å². The molecule has 0 spiro atoms. The van der Waals surface area contributed by atoms with Gasteiger partial charge in [0.05, 0.1) is 12.2 Å². The highest BCUT2D eigenvalue weighted by Crippen LogP contribution is 2.23. The molecule has 0 amide bonds. The lowest BCUT2D eigenvalue weighted by Gasteiger charge is -2.14. The molecule has 0 saturated heterocycles. The number of halogens is 1. The molecule has 0 aliphatic carbocycles. The number of aryl methyl sites for hydroxylation is 1. The van der Waals surface area contributed by atoms with Crippen molar-refractivity contribution in [3.8, 4) is 0 Å². The van der Waals surface area contributed by atoms with Gasteiger partial charge in [-0.05, 0) is 30.2 Å². The van der Waals surface area contributed by atoms with Gasteiger partial charge in [-0.1, -0.05) is 50.6 Å². The average Bonchev–Trinajstić information content (AvgIpc) is 2.72. The molecule has 0 aliphatic heterocycles. The number of carbonyl (C=O) groups is 1. The van der Waals surface area contributed by atoms with Crippen LogP contribution in [0.2, 0.25) is 0 Å². The Bertz CT molecular complexity index is 638. The number of hydrogen-bond donors (Lipinski definition) is 0. The van der Waals surface area contributed by atoms with Gasteiger partial charge in [0.2, 0.25) is 0 Å². The van der Waals surface area contributed by atoms with Crippen LogP contribution in [0.3, 0.4) is 0 Å². The molecule has 0 atom stereocenters. The van der Waals surface area contributed by atoms with Crippen LogP contribution in [0.5, 0.6) is 0 Å². The van der Waals surface area contributed by atoms with Crippen molar-refractivity contribution in [1.82, 2.24) is 9.78 Å². The summed E-state index contributed by atoms with van der Waals surface area (Å²) >= 11 is 5.67. The molecule has 0 unspecified atom stereocenters. The Morgan fingerprint density at radius 1 is 1.30 bits per heavy atom. The molecule has 106 valence electrons. The first-order valence-corrected chi connectivity index (χ1v) is 6.99. The highest BCUT2D eigenvalue weighted by molar-refractivity contribution is 6.67. The van der Waals surface area contributed by atoms with E-state index in [4.69, 9.17) is 11.6 Å². The molecule has 1 heterocycles. The van der Waals surface area contributed by atoms with Gasteiger partial charge >= 0.3 is 0 Å². The van der Waals surface area contributed by atoms with Gasteiger partial charge in [-0.3, -0.25) is 9.48 Å². The van der Waals surface area contributed by atoms with Crippen molar-refractivity contribution >= 4 is 16.8 Å². The molecule has 0 fully saturated rings. The van der Waals surface area contributed by atoms with Crippen LogP contribution in [0.25, 0.3) is 0 Å². The quantitative estimate of drug-likeness (QED) is 0.803. The van der Waals surface area contributed by atoms with E-state index in [1.807, 2.05) is 25.1 Å². The third-order valence-corrected chi connectivity index (χ3v) is 3.36. The monoisotopic (exact) mass is 290 g/mol. The van der Waals surface area contributed by atoms with E-state index >= 15 is 0 Å². The Morgan fingerprint density at radius 3 is 2.55 bits per heavy atom. The molecule has 4 heteroatoms. The second-order valence-electron chi connectivity index (χ2n) is 6.09. The van der Waals surface area contributed by atoms with E-state index in [1.54, 1.807) is 10.7 Å². The van der Waals surface area contributed by atoms with Gasteiger partial charge in [0, 0.05) is 5.41 Å². The number of hydrogen-bond acceptors (Lipinski definition) is 2. The molecule has 0 N–H and O–H groups in total. The largest absolute Gasteiger partial charge is 0.274 e. The van der Waals surface area contributed by atoms with Crippen LogP contribution in [0, 0.1) is 6.92 Å². The summed E-state index contributed by atoms with van der Waals surface area (Å²) in [7, 11) is 0. The van der Waals surface area contributed by atoms with E-state index in [2.05, 4.69) is 31.9 Å². The van der Waals surface area contributed by atoms with Crippen LogP contribution >= 0.6 is 11.6 Å². The number of rotatable bonds is 3. The lowest BCUT2D eigenvalue weighted by atomic mass is 9.92. The van der Waals surface area contributed by atoms with Gasteiger partial charge < -0.3 is 0 Å². The third kappa shape index (κ3) is 3.28. The Labute approximate surface area is 124 Å². The van der Waals surface area contributed by atoms with Crippen LogP contribution in [0.15, 0.2) is 30.3 Å². The number of nitrogens with zero attached hydrogens (tertiary/aromatic N) is 2.